The maximum Gasteiger partial charge on any atom is 0.271 e. The molecule has 3 N–H and O–H groups in total. The van der Waals surface area contributed by atoms with E-state index in [4.69, 9.17) is 5.73 Å². The summed E-state index contributed by atoms with van der Waals surface area (Å²) >= 11 is 0. The van der Waals surface area contributed by atoms with Crippen molar-refractivity contribution in [1.82, 2.24) is 5.32 Å². The fraction of sp³-hybridized carbons (Fsp3) is 0.500. The largest absolute Gasteiger partial charge is 0.350 e. The molecule has 0 saturated heterocycles. The molecule has 0 bridgehead atoms. The number of nitro groups is 1. The Morgan fingerprint density at radius 3 is 2.30 bits per heavy atom. The van der Waals surface area contributed by atoms with Crippen LogP contribution in [0.4, 0.5) is 5.69 Å². The average Bonchev–Trinajstić information content (AvgIpc) is 2.50. The number of sulfone groups is 1. The van der Waals surface area contributed by atoms with Gasteiger partial charge in [-0.15, -0.1) is 0 Å². The molecule has 8 nitrogen and oxygen atoms in total. The third-order valence-corrected chi connectivity index (χ3v) is 4.89. The van der Waals surface area contributed by atoms with Gasteiger partial charge in [0.15, 0.2) is 9.84 Å². The minimum atomic E-state index is -3.68. The van der Waals surface area contributed by atoms with E-state index in [-0.39, 0.29) is 17.0 Å². The Hall–Kier alpha value is -2.00. The van der Waals surface area contributed by atoms with Crippen molar-refractivity contribution >= 4 is 21.4 Å². The predicted molar refractivity (Wildman–Crippen MR) is 86.0 cm³/mol. The number of carbonyl (C=O) groups is 1. The highest BCUT2D eigenvalue weighted by Gasteiger charge is 2.23. The summed E-state index contributed by atoms with van der Waals surface area (Å²) in [6.07, 6.45) is 2.22. The molecule has 0 heterocycles. The molecule has 0 saturated carbocycles. The van der Waals surface area contributed by atoms with Crippen LogP contribution in [0.5, 0.6) is 0 Å². The minimum Gasteiger partial charge on any atom is -0.350 e. The number of nitrogens with zero attached hydrogens (tertiary/aromatic N) is 1. The summed E-state index contributed by atoms with van der Waals surface area (Å²) in [6.45, 7) is 3.98. The Morgan fingerprint density at radius 2 is 1.87 bits per heavy atom. The molecule has 1 aromatic carbocycles. The fourth-order valence-corrected chi connectivity index (χ4v) is 2.57. The number of non-ortho nitro benzene ring substituents is 1. The zero-order valence-corrected chi connectivity index (χ0v) is 14.1. The lowest BCUT2D eigenvalue weighted by Crippen LogP contribution is -2.49. The monoisotopic (exact) mass is 343 g/mol. The van der Waals surface area contributed by atoms with Gasteiger partial charge in [0.1, 0.15) is 0 Å². The molecular weight excluding hydrogens is 322 g/mol. The van der Waals surface area contributed by atoms with Gasteiger partial charge in [-0.2, -0.15) is 0 Å². The van der Waals surface area contributed by atoms with E-state index in [1.807, 2.05) is 13.8 Å². The van der Waals surface area contributed by atoms with Crippen molar-refractivity contribution < 1.29 is 18.1 Å². The smallest absolute Gasteiger partial charge is 0.271 e. The first kappa shape index (κ1) is 19.0. The highest BCUT2D eigenvalue weighted by atomic mass is 32.2. The van der Waals surface area contributed by atoms with Crippen LogP contribution in [-0.4, -0.2) is 37.6 Å². The van der Waals surface area contributed by atoms with E-state index in [1.54, 1.807) is 0 Å². The third kappa shape index (κ3) is 5.00. The van der Waals surface area contributed by atoms with Gasteiger partial charge in [-0.1, -0.05) is 13.8 Å². The second-order valence-corrected chi connectivity index (χ2v) is 7.51. The van der Waals surface area contributed by atoms with Gasteiger partial charge in [-0.3, -0.25) is 14.9 Å². The molecule has 0 aliphatic rings. The highest BCUT2D eigenvalue weighted by Crippen LogP contribution is 2.21. The summed E-state index contributed by atoms with van der Waals surface area (Å²) in [5.74, 6) is -0.602. The molecular formula is C14H21N3O5S. The number of hydrogen-bond acceptors (Lipinski definition) is 6. The Balaban J connectivity index is 3.14. The van der Waals surface area contributed by atoms with Gasteiger partial charge in [0.25, 0.3) is 11.6 Å². The number of nitrogens with two attached hydrogens (primary N) is 1. The van der Waals surface area contributed by atoms with Gasteiger partial charge in [0.2, 0.25) is 0 Å². The first-order valence-corrected chi connectivity index (χ1v) is 8.98. The number of nitrogens with one attached hydrogen (secondary N) is 1. The number of carbonyl (C=O) groups excluding carboxylic acids is 1. The van der Waals surface area contributed by atoms with Gasteiger partial charge in [0, 0.05) is 36.0 Å². The van der Waals surface area contributed by atoms with Crippen LogP contribution >= 0.6 is 0 Å². The van der Waals surface area contributed by atoms with E-state index in [0.29, 0.717) is 12.8 Å². The molecule has 0 aromatic heterocycles. The van der Waals surface area contributed by atoms with Crippen molar-refractivity contribution in [3.05, 3.63) is 33.9 Å². The van der Waals surface area contributed by atoms with Crippen molar-refractivity contribution in [1.29, 1.82) is 0 Å². The Bertz CT molecular complexity index is 711. The zero-order chi connectivity index (χ0) is 17.8. The molecule has 0 unspecified atom stereocenters. The molecule has 0 aliphatic heterocycles. The average molecular weight is 343 g/mol. The second kappa shape index (κ2) is 7.05. The Morgan fingerprint density at radius 1 is 1.30 bits per heavy atom. The van der Waals surface area contributed by atoms with Gasteiger partial charge < -0.3 is 11.1 Å². The number of amides is 1. The van der Waals surface area contributed by atoms with Crippen molar-refractivity contribution in [3.8, 4) is 0 Å². The summed E-state index contributed by atoms with van der Waals surface area (Å²) in [6, 6.07) is 3.09. The van der Waals surface area contributed by atoms with Crippen molar-refractivity contribution in [2.45, 2.75) is 37.1 Å². The predicted octanol–water partition coefficient (Wildman–Crippen LogP) is 1.25. The van der Waals surface area contributed by atoms with Crippen molar-refractivity contribution in [2.75, 3.05) is 12.8 Å². The Labute approximate surface area is 135 Å². The topological polar surface area (TPSA) is 132 Å². The summed E-state index contributed by atoms with van der Waals surface area (Å²) in [5.41, 5.74) is 4.96. The summed E-state index contributed by atoms with van der Waals surface area (Å²) in [4.78, 5) is 22.1. The van der Waals surface area contributed by atoms with Crippen LogP contribution in [0.25, 0.3) is 0 Å². The lowest BCUT2D eigenvalue weighted by molar-refractivity contribution is -0.385. The van der Waals surface area contributed by atoms with Gasteiger partial charge in [0.05, 0.1) is 9.82 Å². The maximum atomic E-state index is 12.2. The van der Waals surface area contributed by atoms with E-state index in [9.17, 15) is 23.3 Å². The minimum absolute atomic E-state index is 0.0887. The fourth-order valence-electron chi connectivity index (χ4n) is 1.89. The maximum absolute atomic E-state index is 12.2. The van der Waals surface area contributed by atoms with Crippen molar-refractivity contribution in [3.63, 3.8) is 0 Å². The number of rotatable bonds is 7. The molecule has 0 spiro atoms. The number of nitro benzene ring substituents is 1. The molecule has 1 aromatic rings. The van der Waals surface area contributed by atoms with Crippen LogP contribution in [0.1, 0.15) is 37.0 Å². The van der Waals surface area contributed by atoms with Gasteiger partial charge in [-0.25, -0.2) is 8.42 Å². The van der Waals surface area contributed by atoms with Gasteiger partial charge >= 0.3 is 0 Å². The van der Waals surface area contributed by atoms with Crippen LogP contribution in [0.15, 0.2) is 23.1 Å². The zero-order valence-electron chi connectivity index (χ0n) is 13.3. The molecule has 1 rings (SSSR count). The Kier molecular flexibility index (Phi) is 5.84. The molecule has 128 valence electrons. The number of benzene rings is 1. The van der Waals surface area contributed by atoms with E-state index in [0.717, 1.165) is 24.5 Å². The van der Waals surface area contributed by atoms with Crippen molar-refractivity contribution in [2.24, 2.45) is 5.73 Å². The molecule has 0 fully saturated rings. The first-order valence-electron chi connectivity index (χ1n) is 7.09. The molecule has 0 atom stereocenters. The van der Waals surface area contributed by atoms with Crippen LogP contribution in [0, 0.1) is 10.1 Å². The molecule has 23 heavy (non-hydrogen) atoms. The molecule has 9 heteroatoms. The highest BCUT2D eigenvalue weighted by molar-refractivity contribution is 7.90. The second-order valence-electron chi connectivity index (χ2n) is 5.50. The van der Waals surface area contributed by atoms with Crippen LogP contribution in [0.2, 0.25) is 0 Å². The third-order valence-electron chi connectivity index (χ3n) is 3.80. The van der Waals surface area contributed by atoms with Crippen LogP contribution in [0.3, 0.4) is 0 Å². The standard InChI is InChI=1S/C14H21N3O5S/c1-4-14(15,5-2)9-16-13(18)10-6-11(17(19)20)8-12(7-10)23(3,21)22/h6-8H,4-5,9,15H2,1-3H3,(H,16,18). The van der Waals surface area contributed by atoms with Crippen LogP contribution in [-0.2, 0) is 9.84 Å². The van der Waals surface area contributed by atoms with E-state index in [2.05, 4.69) is 5.32 Å². The quantitative estimate of drug-likeness (QED) is 0.565. The van der Waals surface area contributed by atoms with Crippen LogP contribution < -0.4 is 11.1 Å². The summed E-state index contributed by atoms with van der Waals surface area (Å²) in [5, 5.41) is 13.5. The first-order chi connectivity index (χ1) is 10.5. The SMILES string of the molecule is CCC(N)(CC)CNC(=O)c1cc([N+](=O)[O-])cc(S(C)(=O)=O)c1. The van der Waals surface area contributed by atoms with E-state index < -0.39 is 31.9 Å². The normalized spacial score (nSPS) is 12.0. The summed E-state index contributed by atoms with van der Waals surface area (Å²) < 4.78 is 23.2. The lowest BCUT2D eigenvalue weighted by atomic mass is 9.94. The lowest BCUT2D eigenvalue weighted by Gasteiger charge is -2.26. The molecule has 1 amide bonds. The summed E-state index contributed by atoms with van der Waals surface area (Å²) in [7, 11) is -3.68. The van der Waals surface area contributed by atoms with E-state index in [1.165, 1.54) is 0 Å². The molecule has 0 radical (unpaired) electrons. The van der Waals surface area contributed by atoms with Gasteiger partial charge in [-0.05, 0) is 18.9 Å². The number of hydrogen-bond donors (Lipinski definition) is 2. The molecule has 0 aliphatic carbocycles. The van der Waals surface area contributed by atoms with E-state index >= 15 is 0 Å².